The highest BCUT2D eigenvalue weighted by Crippen LogP contribution is 2.29. The largest absolute Gasteiger partial charge is 0.466 e. The molecular formula is C18H32N2O4. The lowest BCUT2D eigenvalue weighted by Gasteiger charge is -2.41. The normalized spacial score (nSPS) is 26.1. The Morgan fingerprint density at radius 2 is 1.58 bits per heavy atom. The number of hydrogen-bond acceptors (Lipinski definition) is 5. The number of amides is 1. The zero-order valence-corrected chi connectivity index (χ0v) is 15.5. The molecule has 0 spiro atoms. The Labute approximate surface area is 145 Å². The van der Waals surface area contributed by atoms with E-state index in [0.29, 0.717) is 25.7 Å². The van der Waals surface area contributed by atoms with Crippen molar-refractivity contribution in [3.05, 3.63) is 0 Å². The molecule has 24 heavy (non-hydrogen) atoms. The minimum atomic E-state index is -0.445. The number of carbonyl (C=O) groups is 2. The lowest BCUT2D eigenvalue weighted by atomic mass is 9.85. The van der Waals surface area contributed by atoms with Gasteiger partial charge >= 0.3 is 12.1 Å². The SMILES string of the molecule is CCOC(=O)[C@H]1CC[C@H](N2CCN(C(=O)OC(C)(C)C)CC2)CC1. The molecule has 0 aromatic carbocycles. The Kier molecular flexibility index (Phi) is 6.49. The first kappa shape index (κ1) is 19.0. The lowest BCUT2D eigenvalue weighted by molar-refractivity contribution is -0.149. The van der Waals surface area contributed by atoms with Crippen molar-refractivity contribution in [2.45, 2.75) is 65.0 Å². The number of rotatable bonds is 3. The quantitative estimate of drug-likeness (QED) is 0.739. The molecule has 1 saturated heterocycles. The predicted octanol–water partition coefficient (Wildman–Crippen LogP) is 2.66. The Hall–Kier alpha value is -1.30. The molecule has 6 nitrogen and oxygen atoms in total. The van der Waals surface area contributed by atoms with Gasteiger partial charge in [-0.3, -0.25) is 9.69 Å². The number of ether oxygens (including phenoxy) is 2. The third-order valence-electron chi connectivity index (χ3n) is 4.80. The summed E-state index contributed by atoms with van der Waals surface area (Å²) in [6.07, 6.45) is 3.69. The summed E-state index contributed by atoms with van der Waals surface area (Å²) in [6.45, 7) is 11.2. The average Bonchev–Trinajstić information content (AvgIpc) is 2.54. The first-order valence-electron chi connectivity index (χ1n) is 9.18. The Morgan fingerprint density at radius 1 is 1.00 bits per heavy atom. The molecule has 0 N–H and O–H groups in total. The molecule has 2 fully saturated rings. The molecule has 0 radical (unpaired) electrons. The molecule has 2 rings (SSSR count). The van der Waals surface area contributed by atoms with Gasteiger partial charge in [-0.1, -0.05) is 0 Å². The van der Waals surface area contributed by atoms with Crippen molar-refractivity contribution < 1.29 is 19.1 Å². The minimum absolute atomic E-state index is 0.0364. The maximum atomic E-state index is 12.1. The molecule has 6 heteroatoms. The van der Waals surface area contributed by atoms with Crippen molar-refractivity contribution >= 4 is 12.1 Å². The van der Waals surface area contributed by atoms with Gasteiger partial charge in [-0.2, -0.15) is 0 Å². The number of hydrogen-bond donors (Lipinski definition) is 0. The summed E-state index contributed by atoms with van der Waals surface area (Å²) in [5.41, 5.74) is -0.445. The van der Waals surface area contributed by atoms with Crippen molar-refractivity contribution in [3.63, 3.8) is 0 Å². The zero-order chi connectivity index (χ0) is 17.7. The van der Waals surface area contributed by atoms with E-state index in [1.165, 1.54) is 0 Å². The Balaban J connectivity index is 1.74. The highest BCUT2D eigenvalue weighted by atomic mass is 16.6. The monoisotopic (exact) mass is 340 g/mol. The number of carbonyl (C=O) groups excluding carboxylic acids is 2. The fourth-order valence-electron chi connectivity index (χ4n) is 3.53. The summed E-state index contributed by atoms with van der Waals surface area (Å²) in [6, 6.07) is 0.525. The van der Waals surface area contributed by atoms with Gasteiger partial charge in [0.2, 0.25) is 0 Å². The third kappa shape index (κ3) is 5.36. The molecule has 1 aliphatic heterocycles. The van der Waals surface area contributed by atoms with Crippen LogP contribution in [0.3, 0.4) is 0 Å². The van der Waals surface area contributed by atoms with Crippen LogP contribution in [0.5, 0.6) is 0 Å². The molecular weight excluding hydrogens is 308 g/mol. The highest BCUT2D eigenvalue weighted by Gasteiger charge is 2.33. The predicted molar refractivity (Wildman–Crippen MR) is 91.8 cm³/mol. The zero-order valence-electron chi connectivity index (χ0n) is 15.5. The van der Waals surface area contributed by atoms with Gasteiger partial charge in [0, 0.05) is 32.2 Å². The molecule has 1 saturated carbocycles. The van der Waals surface area contributed by atoms with Crippen molar-refractivity contribution in [1.82, 2.24) is 9.80 Å². The van der Waals surface area contributed by atoms with Gasteiger partial charge in [-0.25, -0.2) is 4.79 Å². The smallest absolute Gasteiger partial charge is 0.410 e. The first-order chi connectivity index (χ1) is 11.3. The van der Waals surface area contributed by atoms with Crippen LogP contribution in [0.4, 0.5) is 4.79 Å². The van der Waals surface area contributed by atoms with E-state index in [1.54, 1.807) is 4.90 Å². The van der Waals surface area contributed by atoms with E-state index in [0.717, 1.165) is 38.8 Å². The van der Waals surface area contributed by atoms with Crippen LogP contribution in [0.1, 0.15) is 53.4 Å². The van der Waals surface area contributed by atoms with Gasteiger partial charge < -0.3 is 14.4 Å². The van der Waals surface area contributed by atoms with Gasteiger partial charge in [0.15, 0.2) is 0 Å². The molecule has 1 amide bonds. The Morgan fingerprint density at radius 3 is 2.08 bits per heavy atom. The van der Waals surface area contributed by atoms with Crippen LogP contribution in [0.2, 0.25) is 0 Å². The van der Waals surface area contributed by atoms with Crippen molar-refractivity contribution in [2.75, 3.05) is 32.8 Å². The Bertz CT molecular complexity index is 431. The van der Waals surface area contributed by atoms with Gasteiger partial charge in [0.25, 0.3) is 0 Å². The summed E-state index contributed by atoms with van der Waals surface area (Å²) in [7, 11) is 0. The van der Waals surface area contributed by atoms with E-state index in [-0.39, 0.29) is 18.0 Å². The maximum absolute atomic E-state index is 12.1. The lowest BCUT2D eigenvalue weighted by Crippen LogP contribution is -2.53. The van der Waals surface area contributed by atoms with Crippen LogP contribution in [0.25, 0.3) is 0 Å². The van der Waals surface area contributed by atoms with Crippen LogP contribution in [0.15, 0.2) is 0 Å². The number of piperazine rings is 1. The standard InChI is InChI=1S/C18H32N2O4/c1-5-23-16(21)14-6-8-15(9-7-14)19-10-12-20(13-11-19)17(22)24-18(2,3)4/h14-15H,5-13H2,1-4H3/t14-,15-. The van der Waals surface area contributed by atoms with Gasteiger partial charge in [0.05, 0.1) is 12.5 Å². The molecule has 0 aromatic heterocycles. The van der Waals surface area contributed by atoms with Crippen molar-refractivity contribution in [1.29, 1.82) is 0 Å². The second-order valence-electron chi connectivity index (χ2n) is 7.76. The van der Waals surface area contributed by atoms with Crippen LogP contribution >= 0.6 is 0 Å². The molecule has 2 aliphatic rings. The van der Waals surface area contributed by atoms with E-state index in [4.69, 9.17) is 9.47 Å². The number of nitrogens with zero attached hydrogens (tertiary/aromatic N) is 2. The van der Waals surface area contributed by atoms with Gasteiger partial charge in [-0.05, 0) is 53.4 Å². The van der Waals surface area contributed by atoms with Crippen LogP contribution < -0.4 is 0 Å². The summed E-state index contributed by atoms with van der Waals surface area (Å²) in [5.74, 6) is 0.0370. The van der Waals surface area contributed by atoms with Crippen LogP contribution in [-0.4, -0.2) is 66.3 Å². The summed E-state index contributed by atoms with van der Waals surface area (Å²) in [4.78, 5) is 28.2. The highest BCUT2D eigenvalue weighted by molar-refractivity contribution is 5.72. The van der Waals surface area contributed by atoms with Gasteiger partial charge in [-0.15, -0.1) is 0 Å². The average molecular weight is 340 g/mol. The number of esters is 1. The van der Waals surface area contributed by atoms with Crippen molar-refractivity contribution in [3.8, 4) is 0 Å². The molecule has 0 bridgehead atoms. The fourth-order valence-corrected chi connectivity index (χ4v) is 3.53. The molecule has 0 aromatic rings. The fraction of sp³-hybridized carbons (Fsp3) is 0.889. The third-order valence-corrected chi connectivity index (χ3v) is 4.80. The minimum Gasteiger partial charge on any atom is -0.466 e. The summed E-state index contributed by atoms with van der Waals surface area (Å²) >= 11 is 0. The maximum Gasteiger partial charge on any atom is 0.410 e. The topological polar surface area (TPSA) is 59.1 Å². The molecule has 0 atom stereocenters. The summed E-state index contributed by atoms with van der Waals surface area (Å²) in [5, 5.41) is 0. The second kappa shape index (κ2) is 8.19. The second-order valence-corrected chi connectivity index (χ2v) is 7.76. The molecule has 0 unspecified atom stereocenters. The van der Waals surface area contributed by atoms with Gasteiger partial charge in [0.1, 0.15) is 5.60 Å². The molecule has 1 aliphatic carbocycles. The van der Waals surface area contributed by atoms with E-state index in [9.17, 15) is 9.59 Å². The first-order valence-corrected chi connectivity index (χ1v) is 9.18. The summed E-state index contributed by atoms with van der Waals surface area (Å²) < 4.78 is 10.6. The van der Waals surface area contributed by atoms with E-state index >= 15 is 0 Å². The van der Waals surface area contributed by atoms with E-state index < -0.39 is 5.60 Å². The van der Waals surface area contributed by atoms with E-state index in [1.807, 2.05) is 27.7 Å². The van der Waals surface area contributed by atoms with Crippen LogP contribution in [-0.2, 0) is 14.3 Å². The molecule has 138 valence electrons. The molecule has 1 heterocycles. The van der Waals surface area contributed by atoms with E-state index in [2.05, 4.69) is 4.90 Å². The van der Waals surface area contributed by atoms with Crippen molar-refractivity contribution in [2.24, 2.45) is 5.92 Å². The van der Waals surface area contributed by atoms with Crippen LogP contribution in [0, 0.1) is 5.92 Å².